The number of rotatable bonds is 7. The highest BCUT2D eigenvalue weighted by Gasteiger charge is 2.26. The number of ether oxygens (including phenoxy) is 1. The van der Waals surface area contributed by atoms with Gasteiger partial charge in [-0.15, -0.1) is 0 Å². The van der Waals surface area contributed by atoms with Crippen molar-refractivity contribution < 1.29 is 14.3 Å². The van der Waals surface area contributed by atoms with Crippen LogP contribution in [0.1, 0.15) is 38.2 Å². The molecule has 5 heteroatoms. The highest BCUT2D eigenvalue weighted by molar-refractivity contribution is 5.84. The summed E-state index contributed by atoms with van der Waals surface area (Å²) in [5.74, 6) is 0.719. The van der Waals surface area contributed by atoms with E-state index in [9.17, 15) is 9.59 Å². The number of amides is 2. The Hall–Kier alpha value is -2.04. The summed E-state index contributed by atoms with van der Waals surface area (Å²) in [4.78, 5) is 25.6. The van der Waals surface area contributed by atoms with E-state index in [0.29, 0.717) is 13.0 Å². The average Bonchev–Trinajstić information content (AvgIpc) is 3.07. The predicted octanol–water partition coefficient (Wildman–Crippen LogP) is 2.14. The van der Waals surface area contributed by atoms with E-state index in [2.05, 4.69) is 5.32 Å². The average molecular weight is 318 g/mol. The van der Waals surface area contributed by atoms with Crippen molar-refractivity contribution in [2.24, 2.45) is 0 Å². The fourth-order valence-electron chi connectivity index (χ4n) is 3.17. The topological polar surface area (TPSA) is 58.6 Å². The monoisotopic (exact) mass is 318 g/mol. The van der Waals surface area contributed by atoms with Crippen molar-refractivity contribution in [3.05, 3.63) is 29.8 Å². The smallest absolute Gasteiger partial charge is 0.239 e. The molecule has 1 saturated carbocycles. The zero-order valence-electron chi connectivity index (χ0n) is 14.0. The van der Waals surface area contributed by atoms with Crippen molar-refractivity contribution in [3.63, 3.8) is 0 Å². The van der Waals surface area contributed by atoms with Gasteiger partial charge in [0, 0.05) is 19.5 Å². The van der Waals surface area contributed by atoms with Crippen LogP contribution in [0.25, 0.3) is 0 Å². The van der Waals surface area contributed by atoms with Crippen LogP contribution in [0.2, 0.25) is 0 Å². The van der Waals surface area contributed by atoms with Crippen LogP contribution in [0, 0.1) is 0 Å². The maximum atomic E-state index is 12.1. The number of hydrogen-bond acceptors (Lipinski definition) is 3. The Morgan fingerprint density at radius 1 is 1.26 bits per heavy atom. The minimum atomic E-state index is -0.0954. The molecule has 0 radical (unpaired) electrons. The molecule has 23 heavy (non-hydrogen) atoms. The molecule has 2 rings (SSSR count). The zero-order chi connectivity index (χ0) is 16.7. The van der Waals surface area contributed by atoms with Gasteiger partial charge in [0.25, 0.3) is 0 Å². The van der Waals surface area contributed by atoms with Gasteiger partial charge in [-0.05, 0) is 30.9 Å². The van der Waals surface area contributed by atoms with Crippen molar-refractivity contribution in [2.75, 3.05) is 20.2 Å². The van der Waals surface area contributed by atoms with Gasteiger partial charge in [-0.2, -0.15) is 0 Å². The number of hydrogen-bond donors (Lipinski definition) is 1. The lowest BCUT2D eigenvalue weighted by Crippen LogP contribution is -2.44. The molecule has 1 aliphatic rings. The minimum Gasteiger partial charge on any atom is -0.496 e. The quantitative estimate of drug-likeness (QED) is 0.838. The van der Waals surface area contributed by atoms with Gasteiger partial charge in [0.2, 0.25) is 11.8 Å². The SMILES string of the molecule is COc1ccccc1CCNC(=O)CN(C(C)=O)C1CCCC1. The molecule has 2 amide bonds. The van der Waals surface area contributed by atoms with Crippen molar-refractivity contribution in [1.29, 1.82) is 0 Å². The van der Waals surface area contributed by atoms with Crippen molar-refractivity contribution in [2.45, 2.75) is 45.1 Å². The second kappa shape index (κ2) is 8.56. The van der Waals surface area contributed by atoms with Crippen LogP contribution in [0.3, 0.4) is 0 Å². The van der Waals surface area contributed by atoms with Crippen LogP contribution in [-0.4, -0.2) is 43.0 Å². The van der Waals surface area contributed by atoms with Gasteiger partial charge >= 0.3 is 0 Å². The number of carbonyl (C=O) groups excluding carboxylic acids is 2. The first-order chi connectivity index (χ1) is 11.1. The van der Waals surface area contributed by atoms with E-state index in [4.69, 9.17) is 4.74 Å². The Bertz CT molecular complexity index is 539. The molecular formula is C18H26N2O3. The van der Waals surface area contributed by atoms with Gasteiger partial charge < -0.3 is 15.0 Å². The number of nitrogens with one attached hydrogen (secondary N) is 1. The molecule has 0 saturated heterocycles. The van der Waals surface area contributed by atoms with Gasteiger partial charge in [-0.25, -0.2) is 0 Å². The van der Waals surface area contributed by atoms with Crippen molar-refractivity contribution >= 4 is 11.8 Å². The van der Waals surface area contributed by atoms with Crippen LogP contribution in [-0.2, 0) is 16.0 Å². The summed E-state index contributed by atoms with van der Waals surface area (Å²) in [6.07, 6.45) is 5.01. The third-order valence-electron chi connectivity index (χ3n) is 4.39. The minimum absolute atomic E-state index is 0.0169. The molecule has 1 aromatic rings. The molecule has 0 aromatic heterocycles. The van der Waals surface area contributed by atoms with E-state index < -0.39 is 0 Å². The summed E-state index contributed by atoms with van der Waals surface area (Å²) in [7, 11) is 1.64. The maximum Gasteiger partial charge on any atom is 0.239 e. The van der Waals surface area contributed by atoms with Gasteiger partial charge in [-0.3, -0.25) is 9.59 Å². The van der Waals surface area contributed by atoms with Crippen LogP contribution in [0.15, 0.2) is 24.3 Å². The Morgan fingerprint density at radius 2 is 1.96 bits per heavy atom. The Morgan fingerprint density at radius 3 is 2.61 bits per heavy atom. The number of carbonyl (C=O) groups is 2. The van der Waals surface area contributed by atoms with E-state index in [1.165, 1.54) is 0 Å². The van der Waals surface area contributed by atoms with Gasteiger partial charge in [0.15, 0.2) is 0 Å². The summed E-state index contributed by atoms with van der Waals surface area (Å²) in [5, 5.41) is 2.90. The highest BCUT2D eigenvalue weighted by atomic mass is 16.5. The first-order valence-corrected chi connectivity index (χ1v) is 8.27. The molecular weight excluding hydrogens is 292 g/mol. The second-order valence-corrected chi connectivity index (χ2v) is 6.00. The molecule has 0 unspecified atom stereocenters. The van der Waals surface area contributed by atoms with Crippen LogP contribution >= 0.6 is 0 Å². The first kappa shape index (κ1) is 17.3. The molecule has 0 bridgehead atoms. The molecule has 1 N–H and O–H groups in total. The van der Waals surface area contributed by atoms with E-state index in [0.717, 1.165) is 37.0 Å². The van der Waals surface area contributed by atoms with Crippen LogP contribution < -0.4 is 10.1 Å². The summed E-state index contributed by atoms with van der Waals surface area (Å²) >= 11 is 0. The van der Waals surface area contributed by atoms with Gasteiger partial charge in [0.05, 0.1) is 13.7 Å². The third-order valence-corrected chi connectivity index (χ3v) is 4.39. The standard InChI is InChI=1S/C18H26N2O3/c1-14(21)20(16-8-4-5-9-16)13-18(22)19-12-11-15-7-3-6-10-17(15)23-2/h3,6-7,10,16H,4-5,8-9,11-13H2,1-2H3,(H,19,22). The Balaban J connectivity index is 1.80. The molecule has 0 spiro atoms. The molecule has 0 atom stereocenters. The highest BCUT2D eigenvalue weighted by Crippen LogP contribution is 2.23. The molecule has 1 aliphatic carbocycles. The van der Waals surface area contributed by atoms with E-state index in [1.54, 1.807) is 18.9 Å². The molecule has 0 heterocycles. The molecule has 126 valence electrons. The normalized spacial score (nSPS) is 14.5. The summed E-state index contributed by atoms with van der Waals surface area (Å²) in [6.45, 7) is 2.24. The lowest BCUT2D eigenvalue weighted by Gasteiger charge is -2.27. The second-order valence-electron chi connectivity index (χ2n) is 6.00. The third kappa shape index (κ3) is 4.98. The first-order valence-electron chi connectivity index (χ1n) is 8.27. The molecule has 1 aromatic carbocycles. The number of benzene rings is 1. The van der Waals surface area contributed by atoms with E-state index in [1.807, 2.05) is 24.3 Å². The lowest BCUT2D eigenvalue weighted by molar-refractivity contribution is -0.136. The fraction of sp³-hybridized carbons (Fsp3) is 0.556. The van der Waals surface area contributed by atoms with E-state index >= 15 is 0 Å². The van der Waals surface area contributed by atoms with Crippen LogP contribution in [0.4, 0.5) is 0 Å². The Labute approximate surface area is 138 Å². The van der Waals surface area contributed by atoms with Gasteiger partial charge in [0.1, 0.15) is 5.75 Å². The molecule has 5 nitrogen and oxygen atoms in total. The summed E-state index contributed by atoms with van der Waals surface area (Å²) in [6, 6.07) is 8.01. The number of nitrogens with zero attached hydrogens (tertiary/aromatic N) is 1. The molecule has 1 fully saturated rings. The number of methoxy groups -OCH3 is 1. The number of para-hydroxylation sites is 1. The fourth-order valence-corrected chi connectivity index (χ4v) is 3.17. The largest absolute Gasteiger partial charge is 0.496 e. The van der Waals surface area contributed by atoms with Crippen LogP contribution in [0.5, 0.6) is 5.75 Å². The van der Waals surface area contributed by atoms with Crippen molar-refractivity contribution in [1.82, 2.24) is 10.2 Å². The Kier molecular flexibility index (Phi) is 6.44. The zero-order valence-corrected chi connectivity index (χ0v) is 14.0. The van der Waals surface area contributed by atoms with E-state index in [-0.39, 0.29) is 24.4 Å². The summed E-state index contributed by atoms with van der Waals surface area (Å²) in [5.41, 5.74) is 1.06. The maximum absolute atomic E-state index is 12.1. The van der Waals surface area contributed by atoms with Gasteiger partial charge in [-0.1, -0.05) is 31.0 Å². The molecule has 0 aliphatic heterocycles. The lowest BCUT2D eigenvalue weighted by atomic mass is 10.1. The van der Waals surface area contributed by atoms with Crippen molar-refractivity contribution in [3.8, 4) is 5.75 Å². The summed E-state index contributed by atoms with van der Waals surface area (Å²) < 4.78 is 5.30. The predicted molar refractivity (Wildman–Crippen MR) is 89.4 cm³/mol.